The number of aldehydes is 1. The monoisotopic (exact) mass is 213 g/mol. The number of ether oxygens (including phenoxy) is 1. The predicted octanol–water partition coefficient (Wildman–Crippen LogP) is 2.37. The number of carbonyl (C=O) groups excluding carboxylic acids is 1. The molecule has 2 rings (SSSR count). The Morgan fingerprint density at radius 2 is 2.20 bits per heavy atom. The first-order chi connectivity index (χ1) is 7.20. The van der Waals surface area contributed by atoms with Crippen LogP contribution in [-0.4, -0.2) is 17.9 Å². The highest BCUT2D eigenvalue weighted by Crippen LogP contribution is 2.39. The molecule has 3 nitrogen and oxygen atoms in total. The molecule has 1 aliphatic carbocycles. The van der Waals surface area contributed by atoms with Gasteiger partial charge in [0.05, 0.1) is 5.56 Å². The van der Waals surface area contributed by atoms with Gasteiger partial charge in [0.1, 0.15) is 0 Å². The van der Waals surface area contributed by atoms with E-state index < -0.39 is 6.61 Å². The Morgan fingerprint density at radius 3 is 2.73 bits per heavy atom. The highest BCUT2D eigenvalue weighted by molar-refractivity contribution is 5.78. The number of pyridine rings is 1. The molecule has 15 heavy (non-hydrogen) atoms. The smallest absolute Gasteiger partial charge is 0.388 e. The third kappa shape index (κ3) is 2.29. The van der Waals surface area contributed by atoms with Gasteiger partial charge in [0.25, 0.3) is 0 Å². The van der Waals surface area contributed by atoms with Crippen molar-refractivity contribution in [3.05, 3.63) is 23.4 Å². The van der Waals surface area contributed by atoms with Crippen molar-refractivity contribution in [3.8, 4) is 5.88 Å². The van der Waals surface area contributed by atoms with Crippen LogP contribution in [0.15, 0.2) is 12.1 Å². The minimum absolute atomic E-state index is 0.0553. The van der Waals surface area contributed by atoms with E-state index in [0.29, 0.717) is 12.2 Å². The molecule has 0 unspecified atom stereocenters. The average Bonchev–Trinajstić information content (AvgIpc) is 3.00. The molecule has 0 radical (unpaired) electrons. The summed E-state index contributed by atoms with van der Waals surface area (Å²) in [5.41, 5.74) is 0.774. The number of halogens is 2. The standard InChI is InChI=1S/C10H9F2NO2/c11-10(12)15-9-7(5-14)3-4-8(13-9)6-1-2-6/h3-6,10H,1-2H2. The number of aromatic nitrogens is 1. The van der Waals surface area contributed by atoms with Gasteiger partial charge in [-0.1, -0.05) is 0 Å². The average molecular weight is 213 g/mol. The molecule has 1 heterocycles. The minimum atomic E-state index is -2.95. The second-order valence-corrected chi connectivity index (χ2v) is 3.40. The molecule has 0 atom stereocenters. The summed E-state index contributed by atoms with van der Waals surface area (Å²) >= 11 is 0. The van der Waals surface area contributed by atoms with Gasteiger partial charge >= 0.3 is 6.61 Å². The molecule has 1 aromatic rings. The second kappa shape index (κ2) is 3.92. The van der Waals surface area contributed by atoms with E-state index in [0.717, 1.165) is 18.5 Å². The van der Waals surface area contributed by atoms with Crippen LogP contribution in [0.2, 0.25) is 0 Å². The van der Waals surface area contributed by atoms with Crippen molar-refractivity contribution in [2.75, 3.05) is 0 Å². The van der Waals surface area contributed by atoms with Crippen LogP contribution in [-0.2, 0) is 0 Å². The largest absolute Gasteiger partial charge is 0.416 e. The van der Waals surface area contributed by atoms with Crippen molar-refractivity contribution < 1.29 is 18.3 Å². The highest BCUT2D eigenvalue weighted by atomic mass is 19.3. The second-order valence-electron chi connectivity index (χ2n) is 3.40. The molecule has 1 aromatic heterocycles. The Labute approximate surface area is 85.1 Å². The van der Waals surface area contributed by atoms with E-state index in [2.05, 4.69) is 9.72 Å². The van der Waals surface area contributed by atoms with Crippen molar-refractivity contribution in [1.82, 2.24) is 4.98 Å². The summed E-state index contributed by atoms with van der Waals surface area (Å²) in [6.07, 6.45) is 2.49. The number of carbonyl (C=O) groups is 1. The van der Waals surface area contributed by atoms with E-state index >= 15 is 0 Å². The van der Waals surface area contributed by atoms with Crippen molar-refractivity contribution in [3.63, 3.8) is 0 Å². The first-order valence-corrected chi connectivity index (χ1v) is 4.61. The van der Waals surface area contributed by atoms with Crippen molar-refractivity contribution >= 4 is 6.29 Å². The molecule has 0 bridgehead atoms. The fraction of sp³-hybridized carbons (Fsp3) is 0.400. The van der Waals surface area contributed by atoms with E-state index in [4.69, 9.17) is 0 Å². The van der Waals surface area contributed by atoms with Crippen LogP contribution in [0.3, 0.4) is 0 Å². The predicted molar refractivity (Wildman–Crippen MR) is 48.2 cm³/mol. The molecule has 0 amide bonds. The SMILES string of the molecule is O=Cc1ccc(C2CC2)nc1OC(F)F. The van der Waals surface area contributed by atoms with E-state index in [1.165, 1.54) is 6.07 Å². The fourth-order valence-electron chi connectivity index (χ4n) is 1.34. The molecule has 1 saturated carbocycles. The third-order valence-electron chi connectivity index (χ3n) is 2.23. The molecular formula is C10H9F2NO2. The zero-order chi connectivity index (χ0) is 10.8. The lowest BCUT2D eigenvalue weighted by Gasteiger charge is -2.07. The molecule has 1 aliphatic rings. The highest BCUT2D eigenvalue weighted by Gasteiger charge is 2.26. The van der Waals surface area contributed by atoms with Gasteiger partial charge in [0.15, 0.2) is 6.29 Å². The summed E-state index contributed by atoms with van der Waals surface area (Å²) in [4.78, 5) is 14.5. The topological polar surface area (TPSA) is 39.2 Å². The molecule has 0 N–H and O–H groups in total. The minimum Gasteiger partial charge on any atom is -0.416 e. The Balaban J connectivity index is 2.29. The molecule has 0 saturated heterocycles. The molecule has 0 aromatic carbocycles. The Hall–Kier alpha value is -1.52. The van der Waals surface area contributed by atoms with Gasteiger partial charge in [-0.3, -0.25) is 4.79 Å². The van der Waals surface area contributed by atoms with Crippen LogP contribution in [0.5, 0.6) is 5.88 Å². The van der Waals surface area contributed by atoms with E-state index in [9.17, 15) is 13.6 Å². The summed E-state index contributed by atoms with van der Waals surface area (Å²) in [6.45, 7) is -2.95. The van der Waals surface area contributed by atoms with Gasteiger partial charge in [-0.25, -0.2) is 4.98 Å². The summed E-state index contributed by atoms with van der Waals surface area (Å²) in [5, 5.41) is 0. The van der Waals surface area contributed by atoms with Gasteiger partial charge in [0, 0.05) is 11.6 Å². The van der Waals surface area contributed by atoms with Gasteiger partial charge in [-0.15, -0.1) is 0 Å². The Morgan fingerprint density at radius 1 is 1.47 bits per heavy atom. The van der Waals surface area contributed by atoms with Gasteiger partial charge < -0.3 is 4.74 Å². The first kappa shape index (κ1) is 10.0. The number of rotatable bonds is 4. The molecular weight excluding hydrogens is 204 g/mol. The lowest BCUT2D eigenvalue weighted by molar-refractivity contribution is -0.0531. The maximum absolute atomic E-state index is 12.0. The molecule has 5 heteroatoms. The van der Waals surface area contributed by atoms with Crippen molar-refractivity contribution in [2.24, 2.45) is 0 Å². The molecule has 80 valence electrons. The van der Waals surface area contributed by atoms with Gasteiger partial charge in [0.2, 0.25) is 5.88 Å². The summed E-state index contributed by atoms with van der Waals surface area (Å²) in [7, 11) is 0. The third-order valence-corrected chi connectivity index (χ3v) is 2.23. The molecule has 0 aliphatic heterocycles. The Kier molecular flexibility index (Phi) is 2.62. The van der Waals surface area contributed by atoms with Gasteiger partial charge in [-0.05, 0) is 25.0 Å². The van der Waals surface area contributed by atoms with E-state index in [1.54, 1.807) is 6.07 Å². The number of hydrogen-bond donors (Lipinski definition) is 0. The Bertz CT molecular complexity index is 378. The fourth-order valence-corrected chi connectivity index (χ4v) is 1.34. The zero-order valence-corrected chi connectivity index (χ0v) is 7.82. The lowest BCUT2D eigenvalue weighted by Crippen LogP contribution is -2.07. The van der Waals surface area contributed by atoms with Crippen LogP contribution in [0, 0.1) is 0 Å². The first-order valence-electron chi connectivity index (χ1n) is 4.61. The molecule has 1 fully saturated rings. The molecule has 0 spiro atoms. The van der Waals surface area contributed by atoms with Gasteiger partial charge in [-0.2, -0.15) is 8.78 Å². The quantitative estimate of drug-likeness (QED) is 0.721. The number of hydrogen-bond acceptors (Lipinski definition) is 3. The van der Waals surface area contributed by atoms with Crippen molar-refractivity contribution in [2.45, 2.75) is 25.4 Å². The lowest BCUT2D eigenvalue weighted by atomic mass is 10.2. The van der Waals surface area contributed by atoms with Crippen LogP contribution < -0.4 is 4.74 Å². The van der Waals surface area contributed by atoms with Crippen LogP contribution >= 0.6 is 0 Å². The summed E-state index contributed by atoms with van der Waals surface area (Å²) < 4.78 is 28.2. The van der Waals surface area contributed by atoms with Crippen LogP contribution in [0.25, 0.3) is 0 Å². The normalized spacial score (nSPS) is 15.4. The zero-order valence-electron chi connectivity index (χ0n) is 7.82. The number of alkyl halides is 2. The maximum atomic E-state index is 12.0. The van der Waals surface area contributed by atoms with Crippen molar-refractivity contribution in [1.29, 1.82) is 0 Å². The van der Waals surface area contributed by atoms with E-state index in [-0.39, 0.29) is 11.4 Å². The van der Waals surface area contributed by atoms with Crippen LogP contribution in [0.4, 0.5) is 8.78 Å². The summed E-state index contributed by atoms with van der Waals surface area (Å²) in [6, 6.07) is 3.14. The maximum Gasteiger partial charge on any atom is 0.388 e. The van der Waals surface area contributed by atoms with Crippen LogP contribution in [0.1, 0.15) is 34.8 Å². The van der Waals surface area contributed by atoms with E-state index in [1.807, 2.05) is 0 Å². The summed E-state index contributed by atoms with van der Waals surface area (Å²) in [5.74, 6) is 0.0649. The number of nitrogens with zero attached hydrogens (tertiary/aromatic N) is 1.